The average molecular weight is 411 g/mol. The van der Waals surface area contributed by atoms with Crippen molar-refractivity contribution in [3.05, 3.63) is 71.8 Å². The van der Waals surface area contributed by atoms with E-state index >= 15 is 0 Å². The molecule has 0 fully saturated rings. The van der Waals surface area contributed by atoms with Gasteiger partial charge in [0.05, 0.1) is 12.5 Å². The number of nitrogens with two attached hydrogens (primary N) is 1. The lowest BCUT2D eigenvalue weighted by molar-refractivity contribution is -0.158. The van der Waals surface area contributed by atoms with Crippen molar-refractivity contribution < 1.29 is 23.9 Å². The summed E-state index contributed by atoms with van der Waals surface area (Å²) < 4.78 is 5.30. The van der Waals surface area contributed by atoms with Crippen LogP contribution < -0.4 is 16.4 Å². The Bertz CT molecular complexity index is 884. The zero-order valence-electron chi connectivity index (χ0n) is 16.8. The molecule has 2 aromatic carbocycles. The molecule has 0 aliphatic heterocycles. The molecule has 8 heteroatoms. The van der Waals surface area contributed by atoms with E-state index in [1.807, 2.05) is 11.4 Å². The zero-order valence-corrected chi connectivity index (χ0v) is 16.8. The summed E-state index contributed by atoms with van der Waals surface area (Å²) in [5.41, 5.74) is 6.13. The van der Waals surface area contributed by atoms with Crippen LogP contribution in [0.25, 0.3) is 0 Å². The molecule has 8 nitrogen and oxygen atoms in total. The van der Waals surface area contributed by atoms with Crippen LogP contribution in [0.1, 0.15) is 42.2 Å². The van der Waals surface area contributed by atoms with Crippen molar-refractivity contribution in [2.45, 2.75) is 32.4 Å². The van der Waals surface area contributed by atoms with Crippen LogP contribution in [0.5, 0.6) is 0 Å². The lowest BCUT2D eigenvalue weighted by atomic mass is 10.0. The number of urea groups is 1. The van der Waals surface area contributed by atoms with Gasteiger partial charge in [-0.1, -0.05) is 62.4 Å². The maximum Gasteiger partial charge on any atom is 0.318 e. The number of hydrogen-bond acceptors (Lipinski definition) is 5. The van der Waals surface area contributed by atoms with E-state index in [1.165, 1.54) is 0 Å². The summed E-state index contributed by atoms with van der Waals surface area (Å²) in [5, 5.41) is 4.75. The molecule has 0 heterocycles. The molecule has 4 N–H and O–H groups in total. The molecule has 158 valence electrons. The lowest BCUT2D eigenvalue weighted by Gasteiger charge is -2.23. The van der Waals surface area contributed by atoms with E-state index in [2.05, 4.69) is 5.32 Å². The van der Waals surface area contributed by atoms with E-state index in [9.17, 15) is 19.2 Å². The SMILES string of the molecule is CC(C)[C@H](OC(=O)C[C@@H](NC(=O)c1ccccc1)c1ccccc1)C(=O)NC(N)=O. The number of amides is 4. The number of ether oxygens (including phenoxy) is 1. The van der Waals surface area contributed by atoms with Gasteiger partial charge in [0.15, 0.2) is 6.10 Å². The summed E-state index contributed by atoms with van der Waals surface area (Å²) in [5.74, 6) is -2.22. The third kappa shape index (κ3) is 6.73. The fourth-order valence-electron chi connectivity index (χ4n) is 2.81. The molecule has 0 aliphatic carbocycles. The summed E-state index contributed by atoms with van der Waals surface area (Å²) in [6.07, 6.45) is -1.39. The molecule has 0 saturated heterocycles. The van der Waals surface area contributed by atoms with Crippen molar-refractivity contribution >= 4 is 23.8 Å². The van der Waals surface area contributed by atoms with Gasteiger partial charge in [0.1, 0.15) is 0 Å². The topological polar surface area (TPSA) is 128 Å². The Morgan fingerprint density at radius 1 is 0.933 bits per heavy atom. The first-order chi connectivity index (χ1) is 14.3. The van der Waals surface area contributed by atoms with Gasteiger partial charge in [-0.25, -0.2) is 4.79 Å². The van der Waals surface area contributed by atoms with E-state index in [0.717, 1.165) is 0 Å². The number of rotatable bonds is 8. The maximum absolute atomic E-state index is 12.6. The first-order valence-corrected chi connectivity index (χ1v) is 9.48. The second-order valence-corrected chi connectivity index (χ2v) is 7.01. The minimum Gasteiger partial charge on any atom is -0.452 e. The Kier molecular flexibility index (Phi) is 8.10. The van der Waals surface area contributed by atoms with Gasteiger partial charge in [-0.3, -0.25) is 19.7 Å². The molecule has 0 radical (unpaired) electrons. The second-order valence-electron chi connectivity index (χ2n) is 7.01. The van der Waals surface area contributed by atoms with Crippen molar-refractivity contribution in [2.75, 3.05) is 0 Å². The monoisotopic (exact) mass is 411 g/mol. The molecule has 30 heavy (non-hydrogen) atoms. The van der Waals surface area contributed by atoms with Crippen molar-refractivity contribution in [1.29, 1.82) is 0 Å². The molecule has 2 rings (SSSR count). The van der Waals surface area contributed by atoms with Gasteiger partial charge in [-0.2, -0.15) is 0 Å². The standard InChI is InChI=1S/C22H25N3O5/c1-14(2)19(21(28)25-22(23)29)30-18(26)13-17(15-9-5-3-6-10-15)24-20(27)16-11-7-4-8-12-16/h3-12,14,17,19H,13H2,1-2H3,(H,24,27)(H3,23,25,28,29)/t17-,19+/m1/s1. The highest BCUT2D eigenvalue weighted by molar-refractivity contribution is 5.97. The second kappa shape index (κ2) is 10.8. The minimum absolute atomic E-state index is 0.199. The molecule has 0 spiro atoms. The highest BCUT2D eigenvalue weighted by Gasteiger charge is 2.29. The van der Waals surface area contributed by atoms with Gasteiger partial charge in [-0.05, 0) is 23.6 Å². The van der Waals surface area contributed by atoms with Crippen molar-refractivity contribution in [1.82, 2.24) is 10.6 Å². The lowest BCUT2D eigenvalue weighted by Crippen LogP contribution is -2.46. The third-order valence-corrected chi connectivity index (χ3v) is 4.28. The van der Waals surface area contributed by atoms with Crippen LogP contribution >= 0.6 is 0 Å². The predicted molar refractivity (Wildman–Crippen MR) is 110 cm³/mol. The Morgan fingerprint density at radius 2 is 1.50 bits per heavy atom. The van der Waals surface area contributed by atoms with Crippen LogP contribution in [0.2, 0.25) is 0 Å². The molecule has 0 unspecified atom stereocenters. The fourth-order valence-corrected chi connectivity index (χ4v) is 2.81. The number of nitrogens with one attached hydrogen (secondary N) is 2. The van der Waals surface area contributed by atoms with Gasteiger partial charge in [-0.15, -0.1) is 0 Å². The summed E-state index contributed by atoms with van der Waals surface area (Å²) in [6.45, 7) is 3.34. The van der Waals surface area contributed by atoms with Gasteiger partial charge < -0.3 is 15.8 Å². The number of carbonyl (C=O) groups excluding carboxylic acids is 4. The molecular formula is C22H25N3O5. The zero-order chi connectivity index (χ0) is 22.1. The van der Waals surface area contributed by atoms with Gasteiger partial charge in [0.25, 0.3) is 11.8 Å². The number of hydrogen-bond donors (Lipinski definition) is 3. The van der Waals surface area contributed by atoms with Gasteiger partial charge in [0.2, 0.25) is 0 Å². The number of esters is 1. The Morgan fingerprint density at radius 3 is 2.03 bits per heavy atom. The predicted octanol–water partition coefficient (Wildman–Crippen LogP) is 2.31. The van der Waals surface area contributed by atoms with Crippen LogP contribution in [-0.2, 0) is 14.3 Å². The fraction of sp³-hybridized carbons (Fsp3) is 0.273. The highest BCUT2D eigenvalue weighted by atomic mass is 16.5. The normalized spacial score (nSPS) is 12.5. The molecule has 0 saturated carbocycles. The molecule has 2 aromatic rings. The third-order valence-electron chi connectivity index (χ3n) is 4.28. The molecule has 4 amide bonds. The summed E-state index contributed by atoms with van der Waals surface area (Å²) in [6, 6.07) is 15.9. The van der Waals surface area contributed by atoms with Crippen molar-refractivity contribution in [3.8, 4) is 0 Å². The Hall–Kier alpha value is -3.68. The summed E-state index contributed by atoms with van der Waals surface area (Å²) in [7, 11) is 0. The molecule has 0 aliphatic rings. The van der Waals surface area contributed by atoms with Crippen molar-refractivity contribution in [2.24, 2.45) is 11.7 Å². The smallest absolute Gasteiger partial charge is 0.318 e. The van der Waals surface area contributed by atoms with E-state index in [4.69, 9.17) is 10.5 Å². The quantitative estimate of drug-likeness (QED) is 0.574. The van der Waals surface area contributed by atoms with Crippen molar-refractivity contribution in [3.63, 3.8) is 0 Å². The Balaban J connectivity index is 2.14. The van der Waals surface area contributed by atoms with Crippen LogP contribution in [0.3, 0.4) is 0 Å². The van der Waals surface area contributed by atoms with E-state index in [-0.39, 0.29) is 18.2 Å². The number of primary amides is 1. The molecule has 0 bridgehead atoms. The van der Waals surface area contributed by atoms with Crippen LogP contribution in [-0.4, -0.2) is 29.9 Å². The van der Waals surface area contributed by atoms with Crippen LogP contribution in [0.15, 0.2) is 60.7 Å². The number of benzene rings is 2. The minimum atomic E-state index is -1.19. The van der Waals surface area contributed by atoms with E-state index in [1.54, 1.807) is 68.4 Å². The number of carbonyl (C=O) groups is 4. The molecule has 2 atom stereocenters. The first-order valence-electron chi connectivity index (χ1n) is 9.48. The molecular weight excluding hydrogens is 386 g/mol. The highest BCUT2D eigenvalue weighted by Crippen LogP contribution is 2.19. The average Bonchev–Trinajstić information content (AvgIpc) is 2.72. The van der Waals surface area contributed by atoms with Gasteiger partial charge in [0, 0.05) is 5.56 Å². The van der Waals surface area contributed by atoms with E-state index < -0.39 is 30.1 Å². The van der Waals surface area contributed by atoms with E-state index in [0.29, 0.717) is 11.1 Å². The van der Waals surface area contributed by atoms with Gasteiger partial charge >= 0.3 is 12.0 Å². The van der Waals surface area contributed by atoms with Crippen LogP contribution in [0.4, 0.5) is 4.79 Å². The Labute approximate surface area is 174 Å². The largest absolute Gasteiger partial charge is 0.452 e. The number of imide groups is 1. The van der Waals surface area contributed by atoms with Crippen LogP contribution in [0, 0.1) is 5.92 Å². The summed E-state index contributed by atoms with van der Waals surface area (Å²) in [4.78, 5) is 48.2. The molecule has 0 aromatic heterocycles. The summed E-state index contributed by atoms with van der Waals surface area (Å²) >= 11 is 0. The first kappa shape index (κ1) is 22.6. The maximum atomic E-state index is 12.6.